The molecule has 8 heteroatoms. The Morgan fingerprint density at radius 1 is 1.03 bits per heavy atom. The second kappa shape index (κ2) is 8.87. The average Bonchev–Trinajstić information content (AvgIpc) is 3.39. The third-order valence-electron chi connectivity index (χ3n) is 4.62. The molecule has 4 aromatic rings. The van der Waals surface area contributed by atoms with Gasteiger partial charge in [0.2, 0.25) is 0 Å². The van der Waals surface area contributed by atoms with Crippen molar-refractivity contribution in [1.82, 2.24) is 9.29 Å². The predicted octanol–water partition coefficient (Wildman–Crippen LogP) is 4.93. The molecular weight excluding hydrogens is 427 g/mol. The van der Waals surface area contributed by atoms with Crippen LogP contribution >= 0.6 is 12.4 Å². The van der Waals surface area contributed by atoms with Crippen LogP contribution in [-0.2, 0) is 16.6 Å². The number of hydrogen-bond donors (Lipinski definition) is 1. The van der Waals surface area contributed by atoms with Crippen molar-refractivity contribution >= 4 is 22.4 Å². The third kappa shape index (κ3) is 4.05. The van der Waals surface area contributed by atoms with Crippen LogP contribution in [-0.4, -0.2) is 19.4 Å². The monoisotopic (exact) mass is 446 g/mol. The van der Waals surface area contributed by atoms with Crippen LogP contribution < -0.4 is 5.32 Å². The molecule has 0 saturated carbocycles. The number of benzene rings is 2. The van der Waals surface area contributed by atoms with Crippen molar-refractivity contribution in [2.24, 2.45) is 0 Å². The summed E-state index contributed by atoms with van der Waals surface area (Å²) >= 11 is 0. The number of aromatic nitrogens is 1. The first-order valence-corrected chi connectivity index (χ1v) is 10.4. The Kier molecular flexibility index (Phi) is 6.45. The van der Waals surface area contributed by atoms with Gasteiger partial charge in [-0.25, -0.2) is 16.8 Å². The molecule has 2 aromatic heterocycles. The molecule has 0 fully saturated rings. The summed E-state index contributed by atoms with van der Waals surface area (Å²) in [6.07, 6.45) is 4.61. The van der Waals surface area contributed by atoms with Crippen LogP contribution in [0.5, 0.6) is 0 Å². The van der Waals surface area contributed by atoms with E-state index in [-0.39, 0.29) is 28.6 Å². The molecule has 0 aliphatic carbocycles. The molecule has 1 N–H and O–H groups in total. The molecule has 0 atom stereocenters. The lowest BCUT2D eigenvalue weighted by molar-refractivity contribution is 0.568. The van der Waals surface area contributed by atoms with Gasteiger partial charge in [-0.2, -0.15) is 0 Å². The minimum absolute atomic E-state index is 0. The predicted molar refractivity (Wildman–Crippen MR) is 117 cm³/mol. The van der Waals surface area contributed by atoms with Crippen LogP contribution in [0.15, 0.2) is 88.7 Å². The van der Waals surface area contributed by atoms with Gasteiger partial charge in [0, 0.05) is 23.9 Å². The highest BCUT2D eigenvalue weighted by Gasteiger charge is 2.23. The normalized spacial score (nSPS) is 11.3. The van der Waals surface area contributed by atoms with Crippen LogP contribution in [0.3, 0.4) is 0 Å². The van der Waals surface area contributed by atoms with E-state index in [4.69, 9.17) is 4.42 Å². The highest BCUT2D eigenvalue weighted by atomic mass is 35.5. The zero-order valence-electron chi connectivity index (χ0n) is 16.1. The van der Waals surface area contributed by atoms with Crippen molar-refractivity contribution < 1.29 is 17.2 Å². The molecule has 0 amide bonds. The molecule has 2 heterocycles. The summed E-state index contributed by atoms with van der Waals surface area (Å²) in [5.74, 6) is -0.481. The van der Waals surface area contributed by atoms with Gasteiger partial charge in [-0.3, -0.25) is 0 Å². The average molecular weight is 447 g/mol. The Balaban J connectivity index is 0.00000256. The third-order valence-corrected chi connectivity index (χ3v) is 6.29. The number of hydrogen-bond acceptors (Lipinski definition) is 4. The second-order valence-corrected chi connectivity index (χ2v) is 8.40. The van der Waals surface area contributed by atoms with Crippen molar-refractivity contribution in [3.05, 3.63) is 90.8 Å². The first kappa shape index (κ1) is 21.8. The Labute approximate surface area is 180 Å². The Bertz CT molecular complexity index is 1250. The summed E-state index contributed by atoms with van der Waals surface area (Å²) in [4.78, 5) is 0.111. The Hall–Kier alpha value is -2.87. The number of nitrogens with zero attached hydrogens (tertiary/aromatic N) is 1. The molecule has 0 unspecified atom stereocenters. The summed E-state index contributed by atoms with van der Waals surface area (Å²) in [7, 11) is -2.19. The number of furan rings is 1. The zero-order valence-corrected chi connectivity index (χ0v) is 17.7. The smallest absolute Gasteiger partial charge is 0.268 e. The lowest BCUT2D eigenvalue weighted by Gasteiger charge is -2.12. The minimum Gasteiger partial charge on any atom is -0.472 e. The molecule has 5 nitrogen and oxygen atoms in total. The molecule has 0 saturated heterocycles. The Morgan fingerprint density at radius 3 is 2.53 bits per heavy atom. The maximum atomic E-state index is 14.5. The fraction of sp³-hybridized carbons (Fsp3) is 0.0909. The van der Waals surface area contributed by atoms with E-state index < -0.39 is 15.8 Å². The van der Waals surface area contributed by atoms with Crippen molar-refractivity contribution in [3.8, 4) is 22.4 Å². The minimum atomic E-state index is -3.95. The first-order valence-electron chi connectivity index (χ1n) is 8.99. The van der Waals surface area contributed by atoms with E-state index in [1.807, 2.05) is 6.07 Å². The molecule has 4 rings (SSSR count). The molecule has 0 radical (unpaired) electrons. The maximum absolute atomic E-state index is 14.5. The number of halogens is 2. The van der Waals surface area contributed by atoms with Gasteiger partial charge in [-0.15, -0.1) is 12.4 Å². The van der Waals surface area contributed by atoms with Gasteiger partial charge in [0.15, 0.2) is 0 Å². The lowest BCUT2D eigenvalue weighted by atomic mass is 10.1. The quantitative estimate of drug-likeness (QED) is 0.456. The first-order chi connectivity index (χ1) is 14.0. The van der Waals surface area contributed by atoms with Gasteiger partial charge in [0.1, 0.15) is 5.82 Å². The van der Waals surface area contributed by atoms with Crippen LogP contribution in [0, 0.1) is 5.82 Å². The summed E-state index contributed by atoms with van der Waals surface area (Å²) in [6.45, 7) is 0.457. The van der Waals surface area contributed by atoms with Gasteiger partial charge < -0.3 is 9.73 Å². The van der Waals surface area contributed by atoms with Gasteiger partial charge in [0.25, 0.3) is 10.0 Å². The standard InChI is InChI=1S/C22H19FN2O3S.ClH/c1-24-13-16-11-22(20-7-2-3-8-21(20)23)25(14-16)29(26,27)19-6-4-5-17(12-19)18-9-10-28-15-18;/h2-12,14-15,24H,13H2,1H3;1H. The largest absolute Gasteiger partial charge is 0.472 e. The highest BCUT2D eigenvalue weighted by Crippen LogP contribution is 2.30. The van der Waals surface area contributed by atoms with E-state index in [9.17, 15) is 12.8 Å². The second-order valence-electron chi connectivity index (χ2n) is 6.58. The van der Waals surface area contributed by atoms with Crippen molar-refractivity contribution in [2.75, 3.05) is 7.05 Å². The molecule has 30 heavy (non-hydrogen) atoms. The molecule has 0 spiro atoms. The van der Waals surface area contributed by atoms with Crippen LogP contribution in [0.25, 0.3) is 22.4 Å². The fourth-order valence-corrected chi connectivity index (χ4v) is 4.68. The highest BCUT2D eigenvalue weighted by molar-refractivity contribution is 7.90. The van der Waals surface area contributed by atoms with Crippen molar-refractivity contribution in [1.29, 1.82) is 0 Å². The summed E-state index contributed by atoms with van der Waals surface area (Å²) < 4.78 is 47.6. The van der Waals surface area contributed by atoms with Gasteiger partial charge in [-0.1, -0.05) is 24.3 Å². The van der Waals surface area contributed by atoms with Crippen LogP contribution in [0.4, 0.5) is 4.39 Å². The SMILES string of the molecule is CNCc1cc(-c2ccccc2F)n(S(=O)(=O)c2cccc(-c3ccoc3)c2)c1.Cl. The summed E-state index contributed by atoms with van der Waals surface area (Å²) in [5.41, 5.74) is 2.74. The molecule has 0 aliphatic rings. The van der Waals surface area contributed by atoms with Crippen LogP contribution in [0.2, 0.25) is 0 Å². The molecule has 2 aromatic carbocycles. The lowest BCUT2D eigenvalue weighted by Crippen LogP contribution is -2.14. The van der Waals surface area contributed by atoms with Gasteiger partial charge >= 0.3 is 0 Å². The number of rotatable bonds is 6. The summed E-state index contributed by atoms with van der Waals surface area (Å²) in [6, 6.07) is 16.2. The van der Waals surface area contributed by atoms with Crippen molar-refractivity contribution in [2.45, 2.75) is 11.4 Å². The summed E-state index contributed by atoms with van der Waals surface area (Å²) in [5, 5.41) is 3.00. The fourth-order valence-electron chi connectivity index (χ4n) is 3.24. The van der Waals surface area contributed by atoms with E-state index in [0.717, 1.165) is 20.7 Å². The Morgan fingerprint density at radius 2 is 1.83 bits per heavy atom. The number of nitrogens with one attached hydrogen (secondary N) is 1. The van der Waals surface area contributed by atoms with E-state index in [2.05, 4.69) is 5.32 Å². The molecular formula is C22H20ClFN2O3S. The van der Waals surface area contributed by atoms with Gasteiger partial charge in [0.05, 0.1) is 23.1 Å². The van der Waals surface area contributed by atoms with E-state index >= 15 is 0 Å². The van der Waals surface area contributed by atoms with Crippen LogP contribution in [0.1, 0.15) is 5.56 Å². The zero-order chi connectivity index (χ0) is 20.4. The molecule has 0 bridgehead atoms. The van der Waals surface area contributed by atoms with E-state index in [0.29, 0.717) is 6.54 Å². The van der Waals surface area contributed by atoms with E-state index in [1.54, 1.807) is 55.8 Å². The van der Waals surface area contributed by atoms with E-state index in [1.165, 1.54) is 24.6 Å². The molecule has 156 valence electrons. The van der Waals surface area contributed by atoms with Gasteiger partial charge in [-0.05, 0) is 54.6 Å². The maximum Gasteiger partial charge on any atom is 0.268 e. The topological polar surface area (TPSA) is 64.2 Å². The van der Waals surface area contributed by atoms with Crippen molar-refractivity contribution in [3.63, 3.8) is 0 Å². The molecule has 0 aliphatic heterocycles.